The van der Waals surface area contributed by atoms with E-state index in [0.29, 0.717) is 19.1 Å². The van der Waals surface area contributed by atoms with Crippen molar-refractivity contribution < 1.29 is 9.53 Å². The topological polar surface area (TPSA) is 41.9 Å². The number of isothiocyanates is 1. The van der Waals surface area contributed by atoms with Gasteiger partial charge in [0, 0.05) is 29.4 Å². The van der Waals surface area contributed by atoms with Gasteiger partial charge in [-0.05, 0) is 73.9 Å². The lowest BCUT2D eigenvalue weighted by atomic mass is 9.76. The van der Waals surface area contributed by atoms with Crippen LogP contribution < -0.4 is 0 Å². The van der Waals surface area contributed by atoms with Gasteiger partial charge in [0.25, 0.3) is 0 Å². The van der Waals surface area contributed by atoms with E-state index in [1.54, 1.807) is 0 Å². The number of benzene rings is 2. The van der Waals surface area contributed by atoms with Crippen LogP contribution >= 0.6 is 23.8 Å². The lowest BCUT2D eigenvalue weighted by Gasteiger charge is -2.42. The van der Waals surface area contributed by atoms with E-state index in [0.717, 1.165) is 35.5 Å². The van der Waals surface area contributed by atoms with Crippen molar-refractivity contribution in [3.8, 4) is 0 Å². The van der Waals surface area contributed by atoms with Gasteiger partial charge >= 0.3 is 5.97 Å². The van der Waals surface area contributed by atoms with Crippen LogP contribution in [-0.2, 0) is 16.0 Å². The Morgan fingerprint density at radius 1 is 1.20 bits per heavy atom. The predicted octanol–water partition coefficient (Wildman–Crippen LogP) is 5.43. The maximum absolute atomic E-state index is 13.2. The Morgan fingerprint density at radius 2 is 1.93 bits per heavy atom. The maximum Gasteiger partial charge on any atom is 0.311 e. The normalized spacial score (nSPS) is 25.5. The van der Waals surface area contributed by atoms with Crippen LogP contribution in [0.2, 0.25) is 5.02 Å². The lowest BCUT2D eigenvalue weighted by molar-refractivity contribution is -0.153. The molecule has 2 heterocycles. The van der Waals surface area contributed by atoms with Crippen molar-refractivity contribution >= 4 is 40.6 Å². The number of thiocarbonyl (C=S) groups is 1. The van der Waals surface area contributed by atoms with Crippen LogP contribution in [0.1, 0.15) is 36.3 Å². The maximum atomic E-state index is 13.2. The van der Waals surface area contributed by atoms with Gasteiger partial charge in [0.1, 0.15) is 0 Å². The summed E-state index contributed by atoms with van der Waals surface area (Å²) in [5.41, 5.74) is 3.06. The van der Waals surface area contributed by atoms with Crippen molar-refractivity contribution in [2.75, 3.05) is 13.7 Å². The first-order valence-corrected chi connectivity index (χ1v) is 11.2. The third kappa shape index (κ3) is 4.50. The van der Waals surface area contributed by atoms with E-state index in [2.05, 4.69) is 46.5 Å². The Balaban J connectivity index is 1.44. The quantitative estimate of drug-likeness (QED) is 0.341. The van der Waals surface area contributed by atoms with Crippen molar-refractivity contribution in [1.82, 2.24) is 4.90 Å². The number of fused-ring (bicyclic) bond motifs is 2. The van der Waals surface area contributed by atoms with Crippen LogP contribution in [0.15, 0.2) is 53.5 Å². The number of hydrogen-bond acceptors (Lipinski definition) is 5. The summed E-state index contributed by atoms with van der Waals surface area (Å²) in [7, 11) is 2.14. The molecule has 0 radical (unpaired) electrons. The first-order valence-electron chi connectivity index (χ1n) is 10.4. The molecule has 4 nitrogen and oxygen atoms in total. The molecule has 2 aliphatic heterocycles. The molecule has 2 aromatic carbocycles. The highest BCUT2D eigenvalue weighted by Gasteiger charge is 2.49. The van der Waals surface area contributed by atoms with E-state index in [-0.39, 0.29) is 23.8 Å². The molecule has 4 unspecified atom stereocenters. The Hall–Kier alpha value is -2.04. The molecule has 0 spiro atoms. The molecule has 156 valence electrons. The van der Waals surface area contributed by atoms with E-state index in [1.165, 1.54) is 5.56 Å². The molecule has 6 heteroatoms. The van der Waals surface area contributed by atoms with Crippen LogP contribution in [0.5, 0.6) is 0 Å². The van der Waals surface area contributed by atoms with Gasteiger partial charge in [-0.1, -0.05) is 35.9 Å². The molecule has 0 aliphatic carbocycles. The second-order valence-corrected chi connectivity index (χ2v) is 8.79. The molecule has 30 heavy (non-hydrogen) atoms. The van der Waals surface area contributed by atoms with Gasteiger partial charge < -0.3 is 4.74 Å². The summed E-state index contributed by atoms with van der Waals surface area (Å²) in [5.74, 6) is -0.0569. The molecule has 2 fully saturated rings. The third-order valence-electron chi connectivity index (χ3n) is 6.59. The van der Waals surface area contributed by atoms with Gasteiger partial charge in [-0.15, -0.1) is 0 Å². The average Bonchev–Trinajstić information content (AvgIpc) is 2.98. The third-order valence-corrected chi connectivity index (χ3v) is 6.93. The van der Waals surface area contributed by atoms with E-state index in [1.807, 2.05) is 36.4 Å². The highest BCUT2D eigenvalue weighted by molar-refractivity contribution is 7.78. The molecule has 2 saturated heterocycles. The monoisotopic (exact) mass is 440 g/mol. The Morgan fingerprint density at radius 3 is 2.63 bits per heavy atom. The van der Waals surface area contributed by atoms with Crippen molar-refractivity contribution in [3.05, 3.63) is 64.7 Å². The van der Waals surface area contributed by atoms with Crippen molar-refractivity contribution in [3.63, 3.8) is 0 Å². The lowest BCUT2D eigenvalue weighted by Crippen LogP contribution is -2.49. The Kier molecular flexibility index (Phi) is 6.64. The number of ether oxygens (including phenoxy) is 1. The average molecular weight is 441 g/mol. The number of carbonyl (C=O) groups excluding carboxylic acids is 1. The van der Waals surface area contributed by atoms with E-state index in [4.69, 9.17) is 16.3 Å². The summed E-state index contributed by atoms with van der Waals surface area (Å²) in [6.07, 6.45) is 3.85. The number of rotatable bonds is 6. The zero-order chi connectivity index (χ0) is 21.1. The van der Waals surface area contributed by atoms with Crippen molar-refractivity contribution in [1.29, 1.82) is 0 Å². The molecule has 0 aromatic heterocycles. The van der Waals surface area contributed by atoms with E-state index in [9.17, 15) is 4.79 Å². The molecule has 4 atom stereocenters. The molecule has 0 N–H and O–H groups in total. The standard InChI is InChI=1S/C24H25ClN2O2S/c1-27-20-10-11-22(27)23(21(14-20)17-4-6-18(25)7-5-17)24(28)29-13-12-16-2-8-19(9-3-16)26-15-30/h2-9,20-23H,10-14H2,1H3. The summed E-state index contributed by atoms with van der Waals surface area (Å²) >= 11 is 10.7. The number of piperidine rings is 1. The highest BCUT2D eigenvalue weighted by atomic mass is 35.5. The van der Waals surface area contributed by atoms with E-state index >= 15 is 0 Å². The van der Waals surface area contributed by atoms with Gasteiger partial charge in [-0.25, -0.2) is 0 Å². The second kappa shape index (κ2) is 9.40. The molecule has 4 rings (SSSR count). The summed E-state index contributed by atoms with van der Waals surface area (Å²) in [5, 5.41) is 3.08. The summed E-state index contributed by atoms with van der Waals surface area (Å²) in [6.45, 7) is 0.373. The molecule has 2 aromatic rings. The predicted molar refractivity (Wildman–Crippen MR) is 123 cm³/mol. The molecular weight excluding hydrogens is 416 g/mol. The van der Waals surface area contributed by atoms with Crippen LogP contribution in [-0.4, -0.2) is 41.8 Å². The number of esters is 1. The molecule has 2 aliphatic rings. The molecule has 0 saturated carbocycles. The molecular formula is C24H25ClN2O2S. The summed E-state index contributed by atoms with van der Waals surface area (Å²) < 4.78 is 5.79. The number of hydrogen-bond donors (Lipinski definition) is 0. The van der Waals surface area contributed by atoms with E-state index < -0.39 is 0 Å². The minimum absolute atomic E-state index is 0.0888. The Bertz CT molecular complexity index is 941. The zero-order valence-electron chi connectivity index (χ0n) is 17.0. The van der Waals surface area contributed by atoms with Crippen LogP contribution in [0, 0.1) is 5.92 Å². The minimum Gasteiger partial charge on any atom is -0.465 e. The largest absolute Gasteiger partial charge is 0.465 e. The fourth-order valence-electron chi connectivity index (χ4n) is 5.00. The molecule has 2 bridgehead atoms. The van der Waals surface area contributed by atoms with Crippen molar-refractivity contribution in [2.24, 2.45) is 10.9 Å². The van der Waals surface area contributed by atoms with Gasteiger partial charge in [-0.3, -0.25) is 9.69 Å². The van der Waals surface area contributed by atoms with Crippen LogP contribution in [0.25, 0.3) is 0 Å². The first-order chi connectivity index (χ1) is 14.6. The number of halogens is 1. The summed E-state index contributed by atoms with van der Waals surface area (Å²) in [6, 6.07) is 16.5. The number of carbonyl (C=O) groups is 1. The first kappa shape index (κ1) is 21.2. The highest BCUT2D eigenvalue weighted by Crippen LogP contribution is 2.46. The van der Waals surface area contributed by atoms with Crippen LogP contribution in [0.3, 0.4) is 0 Å². The van der Waals surface area contributed by atoms with Crippen LogP contribution in [0.4, 0.5) is 5.69 Å². The fraction of sp³-hybridized carbons (Fsp3) is 0.417. The smallest absolute Gasteiger partial charge is 0.311 e. The van der Waals surface area contributed by atoms with Gasteiger partial charge in [0.15, 0.2) is 0 Å². The van der Waals surface area contributed by atoms with Gasteiger partial charge in [0.05, 0.1) is 23.4 Å². The van der Waals surface area contributed by atoms with Gasteiger partial charge in [-0.2, -0.15) is 4.99 Å². The number of nitrogens with zero attached hydrogens (tertiary/aromatic N) is 2. The SMILES string of the molecule is CN1C2CCC1C(C(=O)OCCc1ccc(N=C=S)cc1)C(c1ccc(Cl)cc1)C2. The fourth-order valence-corrected chi connectivity index (χ4v) is 5.23. The molecule has 0 amide bonds. The zero-order valence-corrected chi connectivity index (χ0v) is 18.5. The minimum atomic E-state index is -0.144. The summed E-state index contributed by atoms with van der Waals surface area (Å²) in [4.78, 5) is 19.5. The Labute approximate surface area is 187 Å². The number of aliphatic imine (C=N–C) groups is 1. The van der Waals surface area contributed by atoms with Gasteiger partial charge in [0.2, 0.25) is 0 Å². The second-order valence-electron chi connectivity index (χ2n) is 8.17. The van der Waals surface area contributed by atoms with Crippen molar-refractivity contribution in [2.45, 2.75) is 43.7 Å².